The average molecular weight is 1940 g/mol. The molecule has 3 heterocycles. The van der Waals surface area contributed by atoms with Crippen molar-refractivity contribution in [3.63, 3.8) is 0 Å². The molecular weight excluding hydrogens is 1810 g/mol. The van der Waals surface area contributed by atoms with Crippen LogP contribution < -0.4 is 65.1 Å². The zero-order valence-corrected chi connectivity index (χ0v) is 80.2. The SMILES string of the molecule is CCCC[C@H]1C(=O)N2C[C@H](O)C[C@@H]2C(=O)N[C@@H](CC(N)=P)C(=O)N[C@@H](C(C)C)C(=O)N(C)[C@@H](Cc2ccccc2)C(=O)N[C@@H](Cc2ccc(O)cc2)C(=O)N(C)[C@H](CCC(=O)O)C(=O)N[C@@H](Cc2c[nH]c3ccccc23)C(=O)N[C@@H](Cc2ccc(O)cc2)C(=O)N[C@@H](CCCCN)C(=O)N[C@H](C(=O)NCC(N)=O)CSCC(=O)N[C@@H](Cc2ccccc2)C(=O)N(C)[C@@H](Cc2ccccc2)C(=O)N1C. The first-order chi connectivity index (χ1) is 65.8. The van der Waals surface area contributed by atoms with E-state index >= 15 is 57.5 Å². The molecule has 0 spiro atoms. The van der Waals surface area contributed by atoms with Crippen LogP contribution in [-0.4, -0.2) is 294 Å². The fourth-order valence-electron chi connectivity index (χ4n) is 16.7. The zero-order valence-electron chi connectivity index (χ0n) is 78.4. The normalized spacial score (nSPS) is 23.2. The number of fused-ring (bicyclic) bond motifs is 2. The number of carbonyl (C=O) groups excluding carboxylic acids is 15. The minimum Gasteiger partial charge on any atom is -0.508 e. The van der Waals surface area contributed by atoms with Gasteiger partial charge in [0.15, 0.2) is 0 Å². The summed E-state index contributed by atoms with van der Waals surface area (Å²) in [5.41, 5.74) is 21.0. The van der Waals surface area contributed by atoms with Gasteiger partial charge in [-0.2, -0.15) is 0 Å². The minimum atomic E-state index is -1.82. The first kappa shape index (κ1) is 108. The number of primary amides is 1. The van der Waals surface area contributed by atoms with E-state index in [9.17, 15) is 39.6 Å². The molecule has 7 aromatic rings. The van der Waals surface area contributed by atoms with Gasteiger partial charge in [-0.05, 0) is 108 Å². The smallest absolute Gasteiger partial charge is 0.303 e. The number of phenolic OH excluding ortho intramolecular Hbond substituents is 2. The number of rotatable bonds is 28. The number of unbranched alkanes of at least 4 members (excludes halogenated alkanes) is 2. The molecule has 20 N–H and O–H groups in total. The van der Waals surface area contributed by atoms with Gasteiger partial charge in [-0.1, -0.05) is 167 Å². The van der Waals surface area contributed by atoms with E-state index < -0.39 is 235 Å². The monoisotopic (exact) mass is 1940 g/mol. The van der Waals surface area contributed by atoms with Crippen molar-refractivity contribution in [3.05, 3.63) is 203 Å². The van der Waals surface area contributed by atoms with Crippen LogP contribution in [0.25, 0.3) is 10.9 Å². The summed E-state index contributed by atoms with van der Waals surface area (Å²) < 4.78 is 0. The number of carboxylic acid groups (broad SMARTS) is 1. The summed E-state index contributed by atoms with van der Waals surface area (Å²) in [4.78, 5) is 249. The summed E-state index contributed by atoms with van der Waals surface area (Å²) in [5, 5.41) is 67.8. The fraction of sp³-hybridized carbons (Fsp3) is 0.439. The number of nitrogens with two attached hydrogens (primary N) is 3. The number of aliphatic hydroxyl groups excluding tert-OH is 1. The van der Waals surface area contributed by atoms with E-state index in [0.717, 1.165) is 26.5 Å². The largest absolute Gasteiger partial charge is 0.508 e. The van der Waals surface area contributed by atoms with Gasteiger partial charge < -0.3 is 115 Å². The van der Waals surface area contributed by atoms with Crippen molar-refractivity contribution >= 4 is 132 Å². The van der Waals surface area contributed by atoms with Gasteiger partial charge in [0.2, 0.25) is 88.6 Å². The first-order valence-electron chi connectivity index (χ1n) is 45.9. The second kappa shape index (κ2) is 52.6. The van der Waals surface area contributed by atoms with Crippen molar-refractivity contribution in [2.75, 3.05) is 59.3 Å². The Hall–Kier alpha value is -13.6. The number of para-hydroxylation sites is 1. The standard InChI is InChI=1S/C98H127N18O20PS/c1-8-9-32-77-97(135)116-54-66(119)50-79(116)93(131)108-72(51-82(101)137)90(128)111-85(57(2)3)98(136)114(6)78(47-59-25-15-11-16-26-59)92(130)109-74(46-62-35-39-65(118)40-36-62)95(133)112(4)76(41-42-84(122)123)91(129)107-71(49-63-52-102-68-30-20-19-29-67(63)68)89(127)106-70(44-61-33-37-64(117)38-34-61)88(126)105-69(31-21-22-43-99)87(125)110-75(86(124)103-53-81(100)120)55-138-56-83(121)104-73(45-58-23-13-10-14-24-58)94(132)115(7)80(96(134)113(77)5)48-60-27-17-12-18-28-60/h10-20,23-30,33-40,52,57,66,69-80,85,102,117-119,137H,8-9,21-22,31-32,41-51,53-56,99,101H2,1-7H3,(H2,100,120)(H,103,124)(H,104,121)(H,105,126)(H,106,127)(H,107,129)(H,108,131)(H,109,130)(H,110,125)(H,111,128)(H,122,123)/t66-,69+,70+,71+,72+,73+,74+,75+,76-,77+,78+,79-,80+,85+/m1/s1. The predicted molar refractivity (Wildman–Crippen MR) is 520 cm³/mol. The summed E-state index contributed by atoms with van der Waals surface area (Å²) in [7, 11) is 8.50. The third kappa shape index (κ3) is 31.5. The van der Waals surface area contributed by atoms with Crippen molar-refractivity contribution in [2.24, 2.45) is 23.1 Å². The molecule has 0 unspecified atom stereocenters. The quantitative estimate of drug-likeness (QED) is 0.0243. The lowest BCUT2D eigenvalue weighted by molar-refractivity contribution is -0.152. The molecule has 0 radical (unpaired) electrons. The molecule has 9 rings (SSSR count). The van der Waals surface area contributed by atoms with Gasteiger partial charge in [-0.15, -0.1) is 20.6 Å². The highest BCUT2D eigenvalue weighted by Crippen LogP contribution is 2.28. The molecule has 2 fully saturated rings. The van der Waals surface area contributed by atoms with E-state index in [-0.39, 0.29) is 81.2 Å². The number of hydrogen-bond acceptors (Lipinski definition) is 21. The van der Waals surface area contributed by atoms with Gasteiger partial charge in [0.05, 0.1) is 18.4 Å². The lowest BCUT2D eigenvalue weighted by atomic mass is 9.98. The summed E-state index contributed by atoms with van der Waals surface area (Å²) in [5.74, 6) is -17.6. The maximum atomic E-state index is 15.9. The fourth-order valence-corrected chi connectivity index (χ4v) is 17.7. The Bertz CT molecular complexity index is 5420. The van der Waals surface area contributed by atoms with E-state index in [4.69, 9.17) is 17.2 Å². The van der Waals surface area contributed by atoms with Gasteiger partial charge >= 0.3 is 5.97 Å². The molecular formula is C98H127N18O20PS. The lowest BCUT2D eigenvalue weighted by Gasteiger charge is -2.38. The third-order valence-electron chi connectivity index (χ3n) is 24.4. The summed E-state index contributed by atoms with van der Waals surface area (Å²) in [6.07, 6.45) is -2.51. The molecule has 138 heavy (non-hydrogen) atoms. The number of H-pyrrole nitrogens is 1. The highest BCUT2D eigenvalue weighted by atomic mass is 32.2. The Morgan fingerprint density at radius 1 is 0.486 bits per heavy atom. The highest BCUT2D eigenvalue weighted by molar-refractivity contribution is 8.00. The Morgan fingerprint density at radius 2 is 0.957 bits per heavy atom. The Morgan fingerprint density at radius 3 is 1.51 bits per heavy atom. The van der Waals surface area contributed by atoms with Gasteiger partial charge in [-0.25, -0.2) is 0 Å². The molecule has 0 saturated carbocycles. The number of carboxylic acids is 1. The van der Waals surface area contributed by atoms with E-state index in [2.05, 4.69) is 61.7 Å². The van der Waals surface area contributed by atoms with Crippen LogP contribution in [0, 0.1) is 5.92 Å². The number of aromatic hydroxyl groups is 2. The molecule has 0 bridgehead atoms. The number of nitrogens with zero attached hydrogens (tertiary/aromatic N) is 5. The number of amides is 15. The van der Waals surface area contributed by atoms with Crippen molar-refractivity contribution in [2.45, 2.75) is 208 Å². The van der Waals surface area contributed by atoms with E-state index in [1.807, 2.05) is 6.92 Å². The molecule has 15 amide bonds. The number of carbonyl (C=O) groups is 16. The van der Waals surface area contributed by atoms with Crippen LogP contribution >= 0.6 is 20.6 Å². The second-order valence-electron chi connectivity index (χ2n) is 35.1. The Kier molecular flexibility index (Phi) is 41.2. The molecule has 0 aliphatic carbocycles. The molecule has 1 aromatic heterocycles. The maximum absolute atomic E-state index is 15.9. The van der Waals surface area contributed by atoms with Crippen LogP contribution in [0.15, 0.2) is 170 Å². The van der Waals surface area contributed by atoms with E-state index in [0.29, 0.717) is 63.5 Å². The van der Waals surface area contributed by atoms with Gasteiger partial charge in [0, 0.05) is 121 Å². The molecule has 2 aliphatic rings. The molecule has 740 valence electrons. The zero-order chi connectivity index (χ0) is 101. The number of aliphatic hydroxyl groups is 1. The van der Waals surface area contributed by atoms with Crippen molar-refractivity contribution in [1.82, 2.24) is 77.3 Å². The molecule has 2 saturated heterocycles. The van der Waals surface area contributed by atoms with Crippen LogP contribution in [0.3, 0.4) is 0 Å². The van der Waals surface area contributed by atoms with Crippen molar-refractivity contribution < 1.29 is 97.1 Å². The number of benzene rings is 6. The van der Waals surface area contributed by atoms with Gasteiger partial charge in [0.25, 0.3) is 0 Å². The topological polar surface area (TPSA) is 572 Å². The van der Waals surface area contributed by atoms with Gasteiger partial charge in [-0.3, -0.25) is 76.7 Å². The number of aromatic amines is 1. The number of nitrogens with one attached hydrogen (secondary N) is 10. The van der Waals surface area contributed by atoms with Gasteiger partial charge in [0.1, 0.15) is 90.0 Å². The number of hydrogen-bond donors (Lipinski definition) is 17. The molecule has 38 nitrogen and oxygen atoms in total. The molecule has 6 aromatic carbocycles. The van der Waals surface area contributed by atoms with E-state index in [1.165, 1.54) is 86.5 Å². The van der Waals surface area contributed by atoms with Crippen LogP contribution in [0.2, 0.25) is 0 Å². The van der Waals surface area contributed by atoms with E-state index in [1.54, 1.807) is 135 Å². The number of phenols is 2. The first-order valence-corrected chi connectivity index (χ1v) is 47.6. The van der Waals surface area contributed by atoms with Crippen LogP contribution in [0.1, 0.15) is 118 Å². The summed E-state index contributed by atoms with van der Waals surface area (Å²) in [6, 6.07) is 23.0. The highest BCUT2D eigenvalue weighted by Gasteiger charge is 2.47. The predicted octanol–water partition coefficient (Wildman–Crippen LogP) is 1.29. The minimum absolute atomic E-state index is 0.000399. The maximum Gasteiger partial charge on any atom is 0.303 e. The number of likely N-dealkylation sites (N-methyl/N-ethyl adjacent to an activating group) is 4. The Labute approximate surface area is 807 Å². The Balaban J connectivity index is 1.16. The summed E-state index contributed by atoms with van der Waals surface area (Å²) >= 11 is 0.804. The molecule has 2 aliphatic heterocycles. The summed E-state index contributed by atoms with van der Waals surface area (Å²) in [6.45, 7) is 4.02. The number of thioether (sulfide) groups is 1. The average Bonchev–Trinajstić information content (AvgIpc) is 1.57. The third-order valence-corrected chi connectivity index (χ3v) is 25.6. The van der Waals surface area contributed by atoms with Crippen molar-refractivity contribution in [1.29, 1.82) is 0 Å². The number of aromatic nitrogens is 1. The number of aliphatic carboxylic acids is 1. The molecule has 14 atom stereocenters. The van der Waals surface area contributed by atoms with Crippen LogP contribution in [-0.2, 0) is 115 Å². The molecule has 40 heteroatoms. The van der Waals surface area contributed by atoms with Crippen molar-refractivity contribution in [3.8, 4) is 11.5 Å². The lowest BCUT2D eigenvalue weighted by Crippen LogP contribution is -2.62. The second-order valence-corrected chi connectivity index (χ2v) is 36.8. The van der Waals surface area contributed by atoms with Crippen LogP contribution in [0.5, 0.6) is 11.5 Å². The van der Waals surface area contributed by atoms with Crippen LogP contribution in [0.4, 0.5) is 0 Å².